The monoisotopic (exact) mass is 394 g/mol. The van der Waals surface area contributed by atoms with Gasteiger partial charge >= 0.3 is 5.69 Å². The van der Waals surface area contributed by atoms with Crippen molar-refractivity contribution in [3.63, 3.8) is 0 Å². The van der Waals surface area contributed by atoms with Crippen molar-refractivity contribution >= 4 is 28.1 Å². The van der Waals surface area contributed by atoms with E-state index in [-0.39, 0.29) is 11.4 Å². The molecule has 4 rings (SSSR count). The van der Waals surface area contributed by atoms with Crippen LogP contribution in [0.3, 0.4) is 0 Å². The maximum atomic E-state index is 13.8. The quantitative estimate of drug-likeness (QED) is 0.405. The highest BCUT2D eigenvalue weighted by atomic mass is 19.1. The van der Waals surface area contributed by atoms with Crippen LogP contribution in [0.15, 0.2) is 48.9 Å². The average molecular weight is 394 g/mol. The van der Waals surface area contributed by atoms with Crippen LogP contribution in [0, 0.1) is 15.9 Å². The van der Waals surface area contributed by atoms with Crippen LogP contribution in [0.25, 0.3) is 22.2 Å². The lowest BCUT2D eigenvalue weighted by molar-refractivity contribution is -0.387. The zero-order chi connectivity index (χ0) is 20.5. The van der Waals surface area contributed by atoms with Gasteiger partial charge in [0.1, 0.15) is 17.9 Å². The van der Waals surface area contributed by atoms with Crippen molar-refractivity contribution in [1.29, 1.82) is 0 Å². The lowest BCUT2D eigenvalue weighted by Gasteiger charge is -2.11. The van der Waals surface area contributed by atoms with E-state index in [0.717, 1.165) is 28.6 Å². The highest BCUT2D eigenvalue weighted by Gasteiger charge is 2.19. The van der Waals surface area contributed by atoms with Gasteiger partial charge in [0.25, 0.3) is 0 Å². The summed E-state index contributed by atoms with van der Waals surface area (Å²) in [5.74, 6) is -0.492. The molecule has 0 spiro atoms. The standard InChI is InChI=1S/C19H15FN6O3/c1-25-16-5-11(3-4-12(16)9-23-25)14-8-19(22-10-21-14)24-15-7-17(26(27)28)13(20)6-18(15)29-2/h3-10H,1-2H3,(H,21,22,24). The molecule has 0 saturated heterocycles. The van der Waals surface area contributed by atoms with Gasteiger partial charge in [0.15, 0.2) is 0 Å². The van der Waals surface area contributed by atoms with Gasteiger partial charge in [-0.15, -0.1) is 0 Å². The predicted octanol–water partition coefficient (Wildman–Crippen LogP) is 3.83. The summed E-state index contributed by atoms with van der Waals surface area (Å²) in [6.45, 7) is 0. The summed E-state index contributed by atoms with van der Waals surface area (Å²) in [6.07, 6.45) is 3.15. The van der Waals surface area contributed by atoms with Crippen molar-refractivity contribution in [1.82, 2.24) is 19.7 Å². The number of hydrogen-bond donors (Lipinski definition) is 1. The van der Waals surface area contributed by atoms with Crippen LogP contribution < -0.4 is 10.1 Å². The number of fused-ring (bicyclic) bond motifs is 1. The van der Waals surface area contributed by atoms with Crippen molar-refractivity contribution < 1.29 is 14.1 Å². The lowest BCUT2D eigenvalue weighted by atomic mass is 10.1. The molecule has 0 amide bonds. The van der Waals surface area contributed by atoms with E-state index in [0.29, 0.717) is 11.5 Å². The Morgan fingerprint density at radius 3 is 2.79 bits per heavy atom. The third-order valence-corrected chi connectivity index (χ3v) is 4.44. The van der Waals surface area contributed by atoms with E-state index in [4.69, 9.17) is 4.74 Å². The fourth-order valence-corrected chi connectivity index (χ4v) is 2.97. The number of nitrogens with zero attached hydrogens (tertiary/aromatic N) is 5. The molecule has 0 bridgehead atoms. The van der Waals surface area contributed by atoms with E-state index in [1.165, 1.54) is 13.4 Å². The molecule has 0 atom stereocenters. The molecule has 29 heavy (non-hydrogen) atoms. The normalized spacial score (nSPS) is 10.9. The molecule has 2 aromatic heterocycles. The number of nitrogens with one attached hydrogen (secondary N) is 1. The number of methoxy groups -OCH3 is 1. The predicted molar refractivity (Wildman–Crippen MR) is 105 cm³/mol. The van der Waals surface area contributed by atoms with Crippen molar-refractivity contribution in [2.75, 3.05) is 12.4 Å². The summed E-state index contributed by atoms with van der Waals surface area (Å²) in [5.41, 5.74) is 1.99. The van der Waals surface area contributed by atoms with Gasteiger partial charge in [0.05, 0.1) is 35.1 Å². The smallest absolute Gasteiger partial charge is 0.307 e. The Kier molecular flexibility index (Phi) is 4.51. The number of aromatic nitrogens is 4. The minimum Gasteiger partial charge on any atom is -0.494 e. The van der Waals surface area contributed by atoms with Crippen LogP contribution in [0.2, 0.25) is 0 Å². The van der Waals surface area contributed by atoms with E-state index in [2.05, 4.69) is 20.4 Å². The van der Waals surface area contributed by atoms with Crippen molar-refractivity contribution in [3.8, 4) is 17.0 Å². The van der Waals surface area contributed by atoms with Gasteiger partial charge in [0, 0.05) is 36.2 Å². The number of anilines is 2. The van der Waals surface area contributed by atoms with Gasteiger partial charge in [-0.3, -0.25) is 14.8 Å². The van der Waals surface area contributed by atoms with Crippen LogP contribution in [-0.2, 0) is 7.05 Å². The lowest BCUT2D eigenvalue weighted by Crippen LogP contribution is -2.01. The molecule has 1 N–H and O–H groups in total. The second kappa shape index (κ2) is 7.15. The first kappa shape index (κ1) is 18.3. The number of rotatable bonds is 5. The summed E-state index contributed by atoms with van der Waals surface area (Å²) < 4.78 is 20.7. The second-order valence-corrected chi connectivity index (χ2v) is 6.22. The minimum atomic E-state index is -0.981. The molecule has 0 aliphatic heterocycles. The molecule has 146 valence electrons. The zero-order valence-corrected chi connectivity index (χ0v) is 15.5. The van der Waals surface area contributed by atoms with E-state index in [1.54, 1.807) is 16.9 Å². The Morgan fingerprint density at radius 1 is 1.21 bits per heavy atom. The molecular weight excluding hydrogens is 379 g/mol. The SMILES string of the molecule is COc1cc(F)c([N+](=O)[O-])cc1Nc1cc(-c2ccc3cnn(C)c3c2)ncn1. The molecule has 2 aromatic carbocycles. The molecule has 0 aliphatic carbocycles. The number of hydrogen-bond acceptors (Lipinski definition) is 7. The minimum absolute atomic E-state index is 0.115. The van der Waals surface area contributed by atoms with Crippen LogP contribution in [0.1, 0.15) is 0 Å². The second-order valence-electron chi connectivity index (χ2n) is 6.22. The molecule has 10 heteroatoms. The van der Waals surface area contributed by atoms with Gasteiger partial charge < -0.3 is 10.1 Å². The summed E-state index contributed by atoms with van der Waals surface area (Å²) in [7, 11) is 3.20. The average Bonchev–Trinajstić information content (AvgIpc) is 3.09. The zero-order valence-electron chi connectivity index (χ0n) is 15.5. The fourth-order valence-electron chi connectivity index (χ4n) is 2.97. The van der Waals surface area contributed by atoms with Gasteiger partial charge in [-0.1, -0.05) is 12.1 Å². The summed E-state index contributed by atoms with van der Waals surface area (Å²) in [6, 6.07) is 9.53. The van der Waals surface area contributed by atoms with E-state index in [9.17, 15) is 14.5 Å². The Morgan fingerprint density at radius 2 is 2.03 bits per heavy atom. The van der Waals surface area contributed by atoms with Crippen molar-refractivity contribution in [2.24, 2.45) is 7.05 Å². The molecule has 0 fully saturated rings. The van der Waals surface area contributed by atoms with Gasteiger partial charge in [-0.05, 0) is 6.07 Å². The summed E-state index contributed by atoms with van der Waals surface area (Å²) >= 11 is 0. The van der Waals surface area contributed by atoms with Crippen molar-refractivity contribution in [3.05, 3.63) is 64.9 Å². The van der Waals surface area contributed by atoms with Crippen LogP contribution in [0.4, 0.5) is 21.6 Å². The first-order valence-electron chi connectivity index (χ1n) is 8.49. The van der Waals surface area contributed by atoms with E-state index < -0.39 is 16.4 Å². The Bertz CT molecular complexity index is 1240. The van der Waals surface area contributed by atoms with E-state index in [1.807, 2.05) is 25.2 Å². The Hall–Kier alpha value is -4.08. The molecule has 9 nitrogen and oxygen atoms in total. The van der Waals surface area contributed by atoms with Gasteiger partial charge in [-0.2, -0.15) is 9.49 Å². The number of nitro groups is 1. The van der Waals surface area contributed by atoms with Gasteiger partial charge in [0.2, 0.25) is 5.82 Å². The summed E-state index contributed by atoms with van der Waals surface area (Å²) in [5, 5.41) is 19.2. The number of aryl methyl sites for hydroxylation is 1. The van der Waals surface area contributed by atoms with Crippen LogP contribution >= 0.6 is 0 Å². The summed E-state index contributed by atoms with van der Waals surface area (Å²) in [4.78, 5) is 18.7. The first-order valence-corrected chi connectivity index (χ1v) is 8.49. The highest BCUT2D eigenvalue weighted by Crippen LogP contribution is 2.34. The maximum Gasteiger partial charge on any atom is 0.307 e. The van der Waals surface area contributed by atoms with Gasteiger partial charge in [-0.25, -0.2) is 9.97 Å². The van der Waals surface area contributed by atoms with Crippen molar-refractivity contribution in [2.45, 2.75) is 0 Å². The first-order chi connectivity index (χ1) is 14.0. The van der Waals surface area contributed by atoms with E-state index >= 15 is 0 Å². The fraction of sp³-hybridized carbons (Fsp3) is 0.105. The third-order valence-electron chi connectivity index (χ3n) is 4.44. The molecule has 0 unspecified atom stereocenters. The third kappa shape index (κ3) is 3.43. The molecule has 0 aliphatic rings. The Balaban J connectivity index is 1.71. The number of nitro benzene ring substituents is 1. The molecular formula is C19H15FN6O3. The molecule has 0 radical (unpaired) electrons. The largest absolute Gasteiger partial charge is 0.494 e. The Labute approximate surface area is 163 Å². The number of ether oxygens (including phenoxy) is 1. The van der Waals surface area contributed by atoms with Crippen LogP contribution in [-0.4, -0.2) is 31.8 Å². The number of benzene rings is 2. The number of halogens is 1. The maximum absolute atomic E-state index is 13.8. The topological polar surface area (TPSA) is 108 Å². The highest BCUT2D eigenvalue weighted by molar-refractivity contribution is 5.84. The molecule has 2 heterocycles. The van der Waals surface area contributed by atoms with Crippen LogP contribution in [0.5, 0.6) is 5.75 Å². The molecule has 0 saturated carbocycles. The molecule has 4 aromatic rings.